The first-order valence-electron chi connectivity index (χ1n) is 9.33. The van der Waals surface area contributed by atoms with E-state index in [1.54, 1.807) is 7.05 Å². The van der Waals surface area contributed by atoms with Crippen LogP contribution in [0.15, 0.2) is 29.3 Å². The van der Waals surface area contributed by atoms with E-state index in [0.29, 0.717) is 38.7 Å². The molecular weight excluding hydrogens is 371 g/mol. The summed E-state index contributed by atoms with van der Waals surface area (Å²) < 4.78 is 38.6. The average molecular weight is 399 g/mol. The van der Waals surface area contributed by atoms with Gasteiger partial charge in [-0.2, -0.15) is 13.2 Å². The first kappa shape index (κ1) is 22.0. The minimum Gasteiger partial charge on any atom is -0.356 e. The van der Waals surface area contributed by atoms with Crippen LogP contribution in [0.5, 0.6) is 0 Å². The molecule has 1 aromatic carbocycles. The molecule has 0 saturated carbocycles. The molecule has 1 amide bonds. The van der Waals surface area contributed by atoms with Crippen LogP contribution in [0.3, 0.4) is 0 Å². The van der Waals surface area contributed by atoms with E-state index in [9.17, 15) is 18.0 Å². The van der Waals surface area contributed by atoms with E-state index in [1.165, 1.54) is 18.7 Å². The Kier molecular flexibility index (Phi) is 7.68. The number of nitrogens with one attached hydrogen (secondary N) is 2. The van der Waals surface area contributed by atoms with Crippen LogP contribution in [0, 0.1) is 0 Å². The van der Waals surface area contributed by atoms with Crippen LogP contribution in [-0.2, 0) is 11.2 Å². The van der Waals surface area contributed by atoms with Crippen molar-refractivity contribution in [2.75, 3.05) is 45.1 Å². The lowest BCUT2D eigenvalue weighted by molar-refractivity contribution is -0.181. The van der Waals surface area contributed by atoms with Gasteiger partial charge in [0.2, 0.25) is 5.91 Å². The van der Waals surface area contributed by atoms with Crippen LogP contribution in [0.25, 0.3) is 0 Å². The molecule has 0 aromatic heterocycles. The molecule has 1 fully saturated rings. The van der Waals surface area contributed by atoms with Gasteiger partial charge in [0.25, 0.3) is 0 Å². The molecule has 1 aliphatic heterocycles. The second-order valence-electron chi connectivity index (χ2n) is 6.84. The number of carbonyl (C=O) groups excluding carboxylic acids is 1. The lowest BCUT2D eigenvalue weighted by atomic mass is 10.1. The first-order valence-corrected chi connectivity index (χ1v) is 9.33. The Morgan fingerprint density at radius 3 is 2.29 bits per heavy atom. The average Bonchev–Trinajstić information content (AvgIpc) is 2.65. The number of carbonyl (C=O) groups is 1. The fourth-order valence-electron chi connectivity index (χ4n) is 3.14. The number of amides is 1. The first-order chi connectivity index (χ1) is 13.2. The summed E-state index contributed by atoms with van der Waals surface area (Å²) >= 11 is 0. The quantitative estimate of drug-likeness (QED) is 0.589. The Labute approximate surface area is 163 Å². The Hall–Kier alpha value is -2.29. The van der Waals surface area contributed by atoms with Gasteiger partial charge in [-0.25, -0.2) is 0 Å². The number of rotatable bonds is 5. The van der Waals surface area contributed by atoms with Crippen LogP contribution < -0.4 is 10.6 Å². The van der Waals surface area contributed by atoms with Gasteiger partial charge >= 0.3 is 6.18 Å². The minimum absolute atomic E-state index is 0.108. The summed E-state index contributed by atoms with van der Waals surface area (Å²) in [4.78, 5) is 18.7. The molecule has 2 rings (SSSR count). The van der Waals surface area contributed by atoms with Crippen LogP contribution in [0.4, 0.5) is 18.9 Å². The van der Waals surface area contributed by atoms with E-state index in [1.807, 2.05) is 29.2 Å². The van der Waals surface area contributed by atoms with E-state index >= 15 is 0 Å². The molecule has 1 aliphatic rings. The molecule has 0 spiro atoms. The molecule has 28 heavy (non-hydrogen) atoms. The smallest absolute Gasteiger partial charge is 0.356 e. The zero-order chi connectivity index (χ0) is 20.7. The second kappa shape index (κ2) is 9.77. The van der Waals surface area contributed by atoms with Gasteiger partial charge in [-0.3, -0.25) is 14.7 Å². The van der Waals surface area contributed by atoms with Crippen LogP contribution in [0.2, 0.25) is 0 Å². The molecule has 1 unspecified atom stereocenters. The van der Waals surface area contributed by atoms with E-state index in [0.717, 1.165) is 17.7 Å². The van der Waals surface area contributed by atoms with Crippen molar-refractivity contribution in [1.29, 1.82) is 0 Å². The van der Waals surface area contributed by atoms with Crippen molar-refractivity contribution in [3.63, 3.8) is 0 Å². The molecule has 1 aromatic rings. The summed E-state index contributed by atoms with van der Waals surface area (Å²) in [5.74, 6) is 0.595. The highest BCUT2D eigenvalue weighted by Crippen LogP contribution is 2.25. The van der Waals surface area contributed by atoms with Gasteiger partial charge in [0.05, 0.1) is 0 Å². The van der Waals surface area contributed by atoms with Crippen LogP contribution >= 0.6 is 0 Å². The van der Waals surface area contributed by atoms with Crippen molar-refractivity contribution in [1.82, 2.24) is 15.1 Å². The number of alkyl halides is 3. The van der Waals surface area contributed by atoms with Crippen molar-refractivity contribution < 1.29 is 18.0 Å². The fraction of sp³-hybridized carbons (Fsp3) is 0.579. The third kappa shape index (κ3) is 6.40. The summed E-state index contributed by atoms with van der Waals surface area (Å²) in [6.45, 7) is 5.05. The third-order valence-corrected chi connectivity index (χ3v) is 4.82. The molecule has 0 bridgehead atoms. The zero-order valence-corrected chi connectivity index (χ0v) is 16.5. The number of hydrogen-bond donors (Lipinski definition) is 2. The molecule has 1 atom stereocenters. The fourth-order valence-corrected chi connectivity index (χ4v) is 3.14. The highest BCUT2D eigenvalue weighted by molar-refractivity contribution is 5.88. The Morgan fingerprint density at radius 1 is 1.18 bits per heavy atom. The van der Waals surface area contributed by atoms with Gasteiger partial charge in [0.1, 0.15) is 6.04 Å². The number of halogens is 3. The Balaban J connectivity index is 1.78. The maximum Gasteiger partial charge on any atom is 0.403 e. The zero-order valence-electron chi connectivity index (χ0n) is 16.5. The van der Waals surface area contributed by atoms with Crippen molar-refractivity contribution in [2.45, 2.75) is 32.5 Å². The Morgan fingerprint density at radius 2 is 1.79 bits per heavy atom. The number of benzene rings is 1. The molecule has 2 N–H and O–H groups in total. The van der Waals surface area contributed by atoms with E-state index in [2.05, 4.69) is 15.6 Å². The Bertz CT molecular complexity index is 667. The van der Waals surface area contributed by atoms with Crippen molar-refractivity contribution in [2.24, 2.45) is 4.99 Å². The summed E-state index contributed by atoms with van der Waals surface area (Å²) in [5, 5.41) is 6.00. The monoisotopic (exact) mass is 399 g/mol. The van der Waals surface area contributed by atoms with Gasteiger partial charge in [0.15, 0.2) is 5.96 Å². The van der Waals surface area contributed by atoms with Gasteiger partial charge in [-0.05, 0) is 31.0 Å². The second-order valence-corrected chi connectivity index (χ2v) is 6.84. The molecule has 0 radical (unpaired) electrons. The van der Waals surface area contributed by atoms with Crippen LogP contribution in [0.1, 0.15) is 19.4 Å². The molecule has 0 aliphatic carbocycles. The number of piperazine rings is 1. The number of aliphatic imine (C=N–C) groups is 1. The largest absolute Gasteiger partial charge is 0.403 e. The number of guanidine groups is 1. The normalized spacial score (nSPS) is 17.4. The highest BCUT2D eigenvalue weighted by Gasteiger charge is 2.41. The van der Waals surface area contributed by atoms with Gasteiger partial charge in [-0.15, -0.1) is 0 Å². The molecule has 6 nitrogen and oxygen atoms in total. The maximum absolute atomic E-state index is 12.9. The van der Waals surface area contributed by atoms with Gasteiger partial charge in [0, 0.05) is 52.4 Å². The highest BCUT2D eigenvalue weighted by atomic mass is 19.4. The van der Waals surface area contributed by atoms with Crippen molar-refractivity contribution in [3.8, 4) is 0 Å². The predicted octanol–water partition coefficient (Wildman–Crippen LogP) is 2.33. The van der Waals surface area contributed by atoms with Gasteiger partial charge in [-0.1, -0.05) is 12.1 Å². The van der Waals surface area contributed by atoms with E-state index in [4.69, 9.17) is 0 Å². The van der Waals surface area contributed by atoms with Gasteiger partial charge < -0.3 is 15.5 Å². The summed E-state index contributed by atoms with van der Waals surface area (Å²) in [7, 11) is 1.68. The van der Waals surface area contributed by atoms with Crippen molar-refractivity contribution >= 4 is 17.6 Å². The lowest BCUT2D eigenvalue weighted by Crippen LogP contribution is -2.56. The van der Waals surface area contributed by atoms with Crippen molar-refractivity contribution in [3.05, 3.63) is 29.8 Å². The lowest BCUT2D eigenvalue weighted by Gasteiger charge is -2.39. The standard InChI is InChI=1S/C19H28F3N5O/c1-14(19(20,21)22)26-10-12-27(13-11-26)18(23-3)24-9-8-16-4-6-17(7-5-16)25-15(2)28/h4-7,14H,8-13H2,1-3H3,(H,23,24)(H,25,28). The number of nitrogens with zero attached hydrogens (tertiary/aromatic N) is 3. The summed E-state index contributed by atoms with van der Waals surface area (Å²) in [6.07, 6.45) is -3.43. The van der Waals surface area contributed by atoms with E-state index in [-0.39, 0.29) is 5.91 Å². The minimum atomic E-state index is -4.20. The number of anilines is 1. The molecular formula is C19H28F3N5O. The molecule has 1 heterocycles. The molecule has 9 heteroatoms. The number of hydrogen-bond acceptors (Lipinski definition) is 3. The topological polar surface area (TPSA) is 60.0 Å². The molecule has 156 valence electrons. The maximum atomic E-state index is 12.9. The summed E-state index contributed by atoms with van der Waals surface area (Å²) in [6, 6.07) is 6.18. The SMILES string of the molecule is CN=C(NCCc1ccc(NC(C)=O)cc1)N1CCN(C(C)C(F)(F)F)CC1. The summed E-state index contributed by atoms with van der Waals surface area (Å²) in [5.41, 5.74) is 1.87. The van der Waals surface area contributed by atoms with E-state index < -0.39 is 12.2 Å². The van der Waals surface area contributed by atoms with Crippen LogP contribution in [-0.4, -0.2) is 73.7 Å². The third-order valence-electron chi connectivity index (χ3n) is 4.82. The molecule has 1 saturated heterocycles. The predicted molar refractivity (Wildman–Crippen MR) is 104 cm³/mol.